The molecule has 3 aromatic heterocycles. The van der Waals surface area contributed by atoms with Crippen LogP contribution in [0, 0.1) is 18.8 Å². The van der Waals surface area contributed by atoms with Crippen LogP contribution in [-0.2, 0) is 5.41 Å². The predicted octanol–water partition coefficient (Wildman–Crippen LogP) is 3.55. The van der Waals surface area contributed by atoms with Gasteiger partial charge in [-0.1, -0.05) is 43.3 Å². The molecule has 210 valence electrons. The Kier molecular flexibility index (Phi) is 5.95. The molecule has 1 aromatic carbocycles. The number of rotatable bonds is 6. The van der Waals surface area contributed by atoms with E-state index in [0.29, 0.717) is 11.5 Å². The number of nitrogens with one attached hydrogen (secondary N) is 1. The monoisotopic (exact) mass is 551 g/mol. The van der Waals surface area contributed by atoms with Gasteiger partial charge in [-0.15, -0.1) is 5.10 Å². The number of carboxylic acids is 1. The van der Waals surface area contributed by atoms with E-state index in [2.05, 4.69) is 73.5 Å². The lowest BCUT2D eigenvalue weighted by Gasteiger charge is -2.53. The molecule has 4 aromatic rings. The summed E-state index contributed by atoms with van der Waals surface area (Å²) in [5.41, 5.74) is 4.23. The van der Waals surface area contributed by atoms with Gasteiger partial charge in [-0.3, -0.25) is 4.79 Å². The molecule has 3 atom stereocenters. The minimum Gasteiger partial charge on any atom is -0.477 e. The molecule has 2 unspecified atom stereocenters. The van der Waals surface area contributed by atoms with Gasteiger partial charge in [0, 0.05) is 37.6 Å². The number of piperidine rings is 2. The van der Waals surface area contributed by atoms with Crippen molar-refractivity contribution in [3.63, 3.8) is 0 Å². The first kappa shape index (κ1) is 25.5. The number of aryl methyl sites for hydroxylation is 1. The molecule has 3 aliphatic heterocycles. The lowest BCUT2D eigenvalue weighted by molar-refractivity contribution is 0.0628. The van der Waals surface area contributed by atoms with Crippen LogP contribution >= 0.6 is 0 Å². The highest BCUT2D eigenvalue weighted by atomic mass is 16.4. The smallest absolute Gasteiger partial charge is 0.354 e. The minimum atomic E-state index is -1.03. The minimum absolute atomic E-state index is 0.0397. The number of carbonyl (C=O) groups excluding carboxylic acids is 1. The van der Waals surface area contributed by atoms with Crippen LogP contribution in [0.2, 0.25) is 0 Å². The standard InChI is InChI=1S/C31H33N7O3/c1-19-13-23(36-12-11-31(2,18-36)22-7-4-3-5-8-22)17-38-28(19)34-27(35-38)29(39)33-26-20-14-21(26)16-37(15-20)25-10-6-9-24(32-25)30(40)41/h3-10,13,17,20-21,26H,11-12,14-16,18H2,1-2H3,(H,33,39)(H,40,41)/t20?,21?,26?,31-/m0/s1. The third-order valence-electron chi connectivity index (χ3n) is 9.22. The number of carboxylic acid groups (broad SMARTS) is 1. The molecule has 10 heteroatoms. The normalized spacial score (nSPS) is 25.3. The van der Waals surface area contributed by atoms with Gasteiger partial charge in [-0.05, 0) is 60.9 Å². The molecule has 8 rings (SSSR count). The van der Waals surface area contributed by atoms with Gasteiger partial charge < -0.3 is 20.2 Å². The van der Waals surface area contributed by atoms with Gasteiger partial charge in [0.25, 0.3) is 5.91 Å². The van der Waals surface area contributed by atoms with E-state index in [4.69, 9.17) is 0 Å². The van der Waals surface area contributed by atoms with Crippen LogP contribution in [-0.4, -0.2) is 68.8 Å². The second-order valence-corrected chi connectivity index (χ2v) is 12.0. The highest BCUT2D eigenvalue weighted by Crippen LogP contribution is 2.41. The van der Waals surface area contributed by atoms with Gasteiger partial charge in [-0.2, -0.15) is 0 Å². The Labute approximate surface area is 238 Å². The van der Waals surface area contributed by atoms with Crippen molar-refractivity contribution in [3.05, 3.63) is 83.4 Å². The van der Waals surface area contributed by atoms with E-state index < -0.39 is 5.97 Å². The third kappa shape index (κ3) is 4.47. The average molecular weight is 552 g/mol. The number of nitrogens with zero attached hydrogens (tertiary/aromatic N) is 6. The van der Waals surface area contributed by atoms with Crippen molar-refractivity contribution in [2.45, 2.75) is 38.1 Å². The second-order valence-electron chi connectivity index (χ2n) is 12.0. The van der Waals surface area contributed by atoms with Gasteiger partial charge in [0.15, 0.2) is 11.3 Å². The maximum atomic E-state index is 13.3. The number of benzene rings is 1. The first-order valence-electron chi connectivity index (χ1n) is 14.2. The van der Waals surface area contributed by atoms with Crippen LogP contribution in [0.1, 0.15) is 52.0 Å². The fraction of sp³-hybridized carbons (Fsp3) is 0.387. The van der Waals surface area contributed by atoms with Gasteiger partial charge >= 0.3 is 5.97 Å². The van der Waals surface area contributed by atoms with E-state index in [0.717, 1.165) is 50.3 Å². The molecule has 1 amide bonds. The van der Waals surface area contributed by atoms with Crippen LogP contribution in [0.15, 0.2) is 60.8 Å². The molecular weight excluding hydrogens is 518 g/mol. The van der Waals surface area contributed by atoms with E-state index in [1.54, 1.807) is 10.6 Å². The zero-order valence-electron chi connectivity index (χ0n) is 23.2. The first-order valence-corrected chi connectivity index (χ1v) is 14.2. The Balaban J connectivity index is 1.04. The maximum absolute atomic E-state index is 13.3. The Hall–Kier alpha value is -4.47. The van der Waals surface area contributed by atoms with Crippen LogP contribution in [0.25, 0.3) is 5.65 Å². The topological polar surface area (TPSA) is 116 Å². The average Bonchev–Trinajstić information content (AvgIpc) is 3.61. The lowest BCUT2D eigenvalue weighted by Crippen LogP contribution is -2.64. The molecule has 2 bridgehead atoms. The zero-order chi connectivity index (χ0) is 28.3. The molecule has 0 spiro atoms. The summed E-state index contributed by atoms with van der Waals surface area (Å²) in [7, 11) is 0. The molecule has 10 nitrogen and oxygen atoms in total. The summed E-state index contributed by atoms with van der Waals surface area (Å²) in [6, 6.07) is 17.9. The molecule has 41 heavy (non-hydrogen) atoms. The van der Waals surface area contributed by atoms with E-state index in [9.17, 15) is 14.7 Å². The van der Waals surface area contributed by atoms with Crippen molar-refractivity contribution in [1.29, 1.82) is 0 Å². The van der Waals surface area contributed by atoms with Crippen LogP contribution in [0.5, 0.6) is 0 Å². The van der Waals surface area contributed by atoms with Crippen molar-refractivity contribution in [2.75, 3.05) is 36.0 Å². The summed E-state index contributed by atoms with van der Waals surface area (Å²) >= 11 is 0. The van der Waals surface area contributed by atoms with Crippen LogP contribution < -0.4 is 15.1 Å². The van der Waals surface area contributed by atoms with Crippen molar-refractivity contribution < 1.29 is 14.7 Å². The number of aromatic carboxylic acids is 1. The Morgan fingerprint density at radius 2 is 1.80 bits per heavy atom. The van der Waals surface area contributed by atoms with Crippen LogP contribution in [0.3, 0.4) is 0 Å². The Bertz CT molecular complexity index is 1640. The number of aromatic nitrogens is 4. The number of anilines is 2. The SMILES string of the molecule is Cc1cc(N2CC[C@](C)(c3ccccc3)C2)cn2nc(C(=O)NC3C4CC3CN(c3cccc(C(=O)O)n3)C4)nc12. The molecule has 4 fully saturated rings. The Morgan fingerprint density at radius 1 is 1.02 bits per heavy atom. The van der Waals surface area contributed by atoms with Gasteiger partial charge in [0.2, 0.25) is 5.82 Å². The summed E-state index contributed by atoms with van der Waals surface area (Å²) < 4.78 is 1.74. The van der Waals surface area contributed by atoms with Crippen molar-refractivity contribution >= 4 is 29.0 Å². The lowest BCUT2D eigenvalue weighted by atomic mass is 9.66. The molecule has 4 aliphatic rings. The van der Waals surface area contributed by atoms with Gasteiger partial charge in [0.05, 0.1) is 11.9 Å². The highest BCUT2D eigenvalue weighted by Gasteiger charge is 2.48. The predicted molar refractivity (Wildman–Crippen MR) is 155 cm³/mol. The number of amides is 1. The zero-order valence-corrected chi connectivity index (χ0v) is 23.2. The number of fused-ring (bicyclic) bond motifs is 3. The summed E-state index contributed by atoms with van der Waals surface area (Å²) in [6.07, 6.45) is 4.08. The molecule has 1 saturated carbocycles. The number of hydrogen-bond acceptors (Lipinski definition) is 7. The number of hydrogen-bond donors (Lipinski definition) is 2. The quantitative estimate of drug-likeness (QED) is 0.374. The summed E-state index contributed by atoms with van der Waals surface area (Å²) in [5.74, 6) is 0.0947. The summed E-state index contributed by atoms with van der Waals surface area (Å²) in [6.45, 7) is 7.65. The van der Waals surface area contributed by atoms with E-state index in [-0.39, 0.29) is 40.7 Å². The first-order chi connectivity index (χ1) is 19.8. The molecule has 0 radical (unpaired) electrons. The third-order valence-corrected chi connectivity index (χ3v) is 9.22. The van der Waals surface area contributed by atoms with E-state index in [1.165, 1.54) is 11.6 Å². The van der Waals surface area contributed by atoms with Crippen LogP contribution in [0.4, 0.5) is 11.5 Å². The molecule has 1 aliphatic carbocycles. The molecular formula is C31H33N7O3. The summed E-state index contributed by atoms with van der Waals surface area (Å²) in [4.78, 5) is 38.0. The molecule has 2 N–H and O–H groups in total. The largest absolute Gasteiger partial charge is 0.477 e. The maximum Gasteiger partial charge on any atom is 0.354 e. The summed E-state index contributed by atoms with van der Waals surface area (Å²) in [5, 5.41) is 17.0. The van der Waals surface area contributed by atoms with Gasteiger partial charge in [0.1, 0.15) is 5.82 Å². The number of pyridine rings is 2. The van der Waals surface area contributed by atoms with Gasteiger partial charge in [-0.25, -0.2) is 19.3 Å². The van der Waals surface area contributed by atoms with Crippen molar-refractivity contribution in [3.8, 4) is 0 Å². The fourth-order valence-electron chi connectivity index (χ4n) is 6.90. The number of carbonyl (C=O) groups is 2. The fourth-order valence-corrected chi connectivity index (χ4v) is 6.90. The Morgan fingerprint density at radius 3 is 2.56 bits per heavy atom. The second kappa shape index (κ2) is 9.57. The molecule has 6 heterocycles. The van der Waals surface area contributed by atoms with E-state index in [1.807, 2.05) is 19.2 Å². The van der Waals surface area contributed by atoms with Crippen molar-refractivity contribution in [2.24, 2.45) is 11.8 Å². The highest BCUT2D eigenvalue weighted by molar-refractivity contribution is 5.91. The van der Waals surface area contributed by atoms with Crippen molar-refractivity contribution in [1.82, 2.24) is 24.9 Å². The van der Waals surface area contributed by atoms with E-state index >= 15 is 0 Å². The molecule has 3 saturated heterocycles.